The SMILES string of the molecule is CCOC(=O)N1CCCCCc2cc(C(C)=O)ccc21. The van der Waals surface area contributed by atoms with Crippen LogP contribution in [0.15, 0.2) is 18.2 Å². The van der Waals surface area contributed by atoms with E-state index in [4.69, 9.17) is 4.74 Å². The van der Waals surface area contributed by atoms with Crippen LogP contribution in [0.2, 0.25) is 0 Å². The van der Waals surface area contributed by atoms with E-state index in [2.05, 4.69) is 0 Å². The Labute approximate surface area is 119 Å². The fourth-order valence-corrected chi connectivity index (χ4v) is 2.54. The quantitative estimate of drug-likeness (QED) is 0.775. The number of hydrogen-bond donors (Lipinski definition) is 0. The number of Topliss-reactive ketones (excluding diaryl/α,β-unsaturated/α-hetero) is 1. The number of anilines is 1. The Kier molecular flexibility index (Phi) is 4.77. The van der Waals surface area contributed by atoms with Crippen molar-refractivity contribution in [3.63, 3.8) is 0 Å². The van der Waals surface area contributed by atoms with Gasteiger partial charge in [-0.05, 0) is 56.9 Å². The molecule has 0 radical (unpaired) electrons. The third kappa shape index (κ3) is 3.18. The summed E-state index contributed by atoms with van der Waals surface area (Å²) in [4.78, 5) is 25.3. The van der Waals surface area contributed by atoms with Gasteiger partial charge in [0.25, 0.3) is 0 Å². The molecule has 0 bridgehead atoms. The molecule has 20 heavy (non-hydrogen) atoms. The molecule has 0 atom stereocenters. The monoisotopic (exact) mass is 275 g/mol. The van der Waals surface area contributed by atoms with Crippen molar-refractivity contribution in [2.75, 3.05) is 18.1 Å². The molecular weight excluding hydrogens is 254 g/mol. The number of fused-ring (bicyclic) bond motifs is 1. The van der Waals surface area contributed by atoms with Gasteiger partial charge in [0.05, 0.1) is 12.3 Å². The van der Waals surface area contributed by atoms with Crippen molar-refractivity contribution in [2.45, 2.75) is 39.5 Å². The maximum absolute atomic E-state index is 12.1. The minimum absolute atomic E-state index is 0.0533. The molecule has 1 amide bonds. The van der Waals surface area contributed by atoms with Crippen LogP contribution in [0.25, 0.3) is 0 Å². The van der Waals surface area contributed by atoms with Crippen molar-refractivity contribution in [3.05, 3.63) is 29.3 Å². The summed E-state index contributed by atoms with van der Waals surface area (Å²) >= 11 is 0. The van der Waals surface area contributed by atoms with Gasteiger partial charge in [0.1, 0.15) is 0 Å². The molecule has 0 unspecified atom stereocenters. The van der Waals surface area contributed by atoms with Crippen molar-refractivity contribution in [1.82, 2.24) is 0 Å². The van der Waals surface area contributed by atoms with Crippen molar-refractivity contribution < 1.29 is 14.3 Å². The predicted molar refractivity (Wildman–Crippen MR) is 78.4 cm³/mol. The first kappa shape index (κ1) is 14.6. The van der Waals surface area contributed by atoms with Gasteiger partial charge in [-0.15, -0.1) is 0 Å². The first-order valence-electron chi connectivity index (χ1n) is 7.21. The van der Waals surface area contributed by atoms with Crippen LogP contribution >= 0.6 is 0 Å². The minimum Gasteiger partial charge on any atom is -0.449 e. The van der Waals surface area contributed by atoms with Gasteiger partial charge < -0.3 is 4.74 Å². The third-order valence-corrected chi connectivity index (χ3v) is 3.59. The summed E-state index contributed by atoms with van der Waals surface area (Å²) in [5, 5.41) is 0. The summed E-state index contributed by atoms with van der Waals surface area (Å²) in [6, 6.07) is 5.57. The van der Waals surface area contributed by atoms with E-state index in [9.17, 15) is 9.59 Å². The van der Waals surface area contributed by atoms with Crippen molar-refractivity contribution >= 4 is 17.6 Å². The molecule has 1 aliphatic rings. The Morgan fingerprint density at radius 1 is 1.25 bits per heavy atom. The lowest BCUT2D eigenvalue weighted by molar-refractivity contribution is 0.101. The van der Waals surface area contributed by atoms with Gasteiger partial charge in [-0.2, -0.15) is 0 Å². The van der Waals surface area contributed by atoms with E-state index in [1.54, 1.807) is 17.9 Å². The van der Waals surface area contributed by atoms with Crippen LogP contribution in [-0.4, -0.2) is 25.0 Å². The molecular formula is C16H21NO3. The fourth-order valence-electron chi connectivity index (χ4n) is 2.54. The molecule has 0 aliphatic carbocycles. The lowest BCUT2D eigenvalue weighted by atomic mass is 9.98. The molecule has 1 aromatic carbocycles. The molecule has 1 aromatic rings. The van der Waals surface area contributed by atoms with Gasteiger partial charge in [0, 0.05) is 12.1 Å². The molecule has 1 aliphatic heterocycles. The van der Waals surface area contributed by atoms with E-state index in [1.165, 1.54) is 0 Å². The number of hydrogen-bond acceptors (Lipinski definition) is 3. The van der Waals surface area contributed by atoms with E-state index >= 15 is 0 Å². The molecule has 0 fully saturated rings. The summed E-state index contributed by atoms with van der Waals surface area (Å²) in [5.74, 6) is 0.0533. The molecule has 0 N–H and O–H groups in total. The topological polar surface area (TPSA) is 46.6 Å². The average molecular weight is 275 g/mol. The average Bonchev–Trinajstić information content (AvgIpc) is 2.39. The fraction of sp³-hybridized carbons (Fsp3) is 0.500. The van der Waals surface area contributed by atoms with Gasteiger partial charge in [0.2, 0.25) is 0 Å². The van der Waals surface area contributed by atoms with Crippen molar-refractivity contribution in [3.8, 4) is 0 Å². The zero-order valence-electron chi connectivity index (χ0n) is 12.1. The molecule has 4 nitrogen and oxygen atoms in total. The van der Waals surface area contributed by atoms with Crippen molar-refractivity contribution in [1.29, 1.82) is 0 Å². The number of carbonyl (C=O) groups is 2. The number of amides is 1. The largest absolute Gasteiger partial charge is 0.449 e. The molecule has 0 saturated heterocycles. The Balaban J connectivity index is 2.38. The number of aryl methyl sites for hydroxylation is 1. The summed E-state index contributed by atoms with van der Waals surface area (Å²) in [6.45, 7) is 4.41. The van der Waals surface area contributed by atoms with E-state index < -0.39 is 0 Å². The highest BCUT2D eigenvalue weighted by molar-refractivity contribution is 5.96. The molecule has 1 heterocycles. The Morgan fingerprint density at radius 3 is 2.75 bits per heavy atom. The highest BCUT2D eigenvalue weighted by Gasteiger charge is 2.21. The predicted octanol–water partition coefficient (Wildman–Crippen LogP) is 3.58. The molecule has 0 saturated carbocycles. The van der Waals surface area contributed by atoms with Gasteiger partial charge >= 0.3 is 6.09 Å². The van der Waals surface area contributed by atoms with E-state index in [0.29, 0.717) is 18.7 Å². The summed E-state index contributed by atoms with van der Waals surface area (Å²) in [6.07, 6.45) is 3.75. The maximum atomic E-state index is 12.1. The summed E-state index contributed by atoms with van der Waals surface area (Å²) < 4.78 is 5.13. The Morgan fingerprint density at radius 2 is 2.05 bits per heavy atom. The van der Waals surface area contributed by atoms with Crippen LogP contribution in [0.1, 0.15) is 49.0 Å². The number of ketones is 1. The molecule has 0 spiro atoms. The number of benzene rings is 1. The first-order chi connectivity index (χ1) is 9.63. The van der Waals surface area contributed by atoms with Crippen molar-refractivity contribution in [2.24, 2.45) is 0 Å². The van der Waals surface area contributed by atoms with Gasteiger partial charge in [-0.3, -0.25) is 9.69 Å². The van der Waals surface area contributed by atoms with Crippen LogP contribution in [0.3, 0.4) is 0 Å². The van der Waals surface area contributed by atoms with Crippen LogP contribution in [0, 0.1) is 0 Å². The second-order valence-electron chi connectivity index (χ2n) is 5.06. The lowest BCUT2D eigenvalue weighted by Crippen LogP contribution is -2.34. The van der Waals surface area contributed by atoms with Gasteiger partial charge in [0.15, 0.2) is 5.78 Å². The highest BCUT2D eigenvalue weighted by atomic mass is 16.6. The number of ether oxygens (including phenoxy) is 1. The van der Waals surface area contributed by atoms with Crippen LogP contribution in [-0.2, 0) is 11.2 Å². The molecule has 108 valence electrons. The van der Waals surface area contributed by atoms with Crippen LogP contribution in [0.4, 0.5) is 10.5 Å². The minimum atomic E-state index is -0.300. The number of nitrogens with zero attached hydrogens (tertiary/aromatic N) is 1. The van der Waals surface area contributed by atoms with Gasteiger partial charge in [-0.25, -0.2) is 4.79 Å². The summed E-state index contributed by atoms with van der Waals surface area (Å²) in [7, 11) is 0. The van der Waals surface area contributed by atoms with Gasteiger partial charge in [-0.1, -0.05) is 6.42 Å². The maximum Gasteiger partial charge on any atom is 0.414 e. The van der Waals surface area contributed by atoms with Crippen LogP contribution < -0.4 is 4.90 Å². The zero-order chi connectivity index (χ0) is 14.5. The van der Waals surface area contributed by atoms with E-state index in [-0.39, 0.29) is 11.9 Å². The normalized spacial score (nSPS) is 15.0. The number of carbonyl (C=O) groups excluding carboxylic acids is 2. The first-order valence-corrected chi connectivity index (χ1v) is 7.21. The zero-order valence-corrected chi connectivity index (χ0v) is 12.1. The summed E-state index contributed by atoms with van der Waals surface area (Å²) in [5.41, 5.74) is 2.65. The van der Waals surface area contributed by atoms with E-state index in [1.807, 2.05) is 19.1 Å². The lowest BCUT2D eigenvalue weighted by Gasteiger charge is -2.26. The molecule has 0 aromatic heterocycles. The second kappa shape index (κ2) is 6.55. The van der Waals surface area contributed by atoms with E-state index in [0.717, 1.165) is 36.9 Å². The Bertz CT molecular complexity index is 510. The second-order valence-corrected chi connectivity index (χ2v) is 5.06. The molecule has 4 heteroatoms. The third-order valence-electron chi connectivity index (χ3n) is 3.59. The highest BCUT2D eigenvalue weighted by Crippen LogP contribution is 2.27. The molecule has 2 rings (SSSR count). The Hall–Kier alpha value is -1.84. The smallest absolute Gasteiger partial charge is 0.414 e. The standard InChI is InChI=1S/C16H21NO3/c1-3-20-16(19)17-10-6-4-5-7-14-11-13(12(2)18)8-9-15(14)17/h8-9,11H,3-7,10H2,1-2H3. The number of rotatable bonds is 2. The van der Waals surface area contributed by atoms with Crippen LogP contribution in [0.5, 0.6) is 0 Å².